The van der Waals surface area contributed by atoms with Crippen LogP contribution in [0.1, 0.15) is 24.0 Å². The van der Waals surface area contributed by atoms with Crippen LogP contribution < -0.4 is 10.1 Å². The number of aliphatic hydroxyl groups excluding tert-OH is 2. The first-order valence-corrected chi connectivity index (χ1v) is 9.13. The Hall–Kier alpha value is -2.57. The smallest absolute Gasteiger partial charge is 0.407 e. The third kappa shape index (κ3) is 8.11. The fourth-order valence-electron chi connectivity index (χ4n) is 2.49. The van der Waals surface area contributed by atoms with E-state index in [1.807, 2.05) is 54.6 Å². The van der Waals surface area contributed by atoms with Gasteiger partial charge >= 0.3 is 6.09 Å². The molecule has 0 aromatic heterocycles. The number of carbonyl (C=O) groups excluding carboxylic acids is 1. The Morgan fingerprint density at radius 3 is 2.56 bits per heavy atom. The average molecular weight is 373 g/mol. The summed E-state index contributed by atoms with van der Waals surface area (Å²) in [4.78, 5) is 11.7. The summed E-state index contributed by atoms with van der Waals surface area (Å²) < 4.78 is 10.7. The topological polar surface area (TPSA) is 88.0 Å². The van der Waals surface area contributed by atoms with E-state index in [1.165, 1.54) is 0 Å². The summed E-state index contributed by atoms with van der Waals surface area (Å²) in [7, 11) is 0. The first-order chi connectivity index (χ1) is 13.2. The van der Waals surface area contributed by atoms with Crippen LogP contribution in [0.2, 0.25) is 0 Å². The maximum atomic E-state index is 11.7. The molecular weight excluding hydrogens is 346 g/mol. The number of amides is 1. The van der Waals surface area contributed by atoms with Gasteiger partial charge in [0.15, 0.2) is 0 Å². The third-order valence-corrected chi connectivity index (χ3v) is 3.97. The van der Waals surface area contributed by atoms with E-state index in [1.54, 1.807) is 0 Å². The molecule has 6 nitrogen and oxygen atoms in total. The molecule has 6 heteroatoms. The van der Waals surface area contributed by atoms with Gasteiger partial charge in [-0.25, -0.2) is 4.79 Å². The molecule has 0 heterocycles. The number of alkyl carbamates (subject to hydrolysis) is 1. The van der Waals surface area contributed by atoms with Crippen molar-refractivity contribution in [2.75, 3.05) is 19.8 Å². The van der Waals surface area contributed by atoms with Crippen molar-refractivity contribution >= 4 is 6.09 Å². The number of aryl methyl sites for hydroxylation is 1. The SMILES string of the molecule is O=C(NCCCCc1ccccc1OC[C@@H](O)CO)OCc1ccccc1. The summed E-state index contributed by atoms with van der Waals surface area (Å²) in [6, 6.07) is 17.2. The Balaban J connectivity index is 1.63. The summed E-state index contributed by atoms with van der Waals surface area (Å²) in [5.74, 6) is 0.709. The van der Waals surface area contributed by atoms with Crippen molar-refractivity contribution in [1.82, 2.24) is 5.32 Å². The number of hydrogen-bond acceptors (Lipinski definition) is 5. The van der Waals surface area contributed by atoms with Gasteiger partial charge in [0.05, 0.1) is 6.61 Å². The highest BCUT2D eigenvalue weighted by Crippen LogP contribution is 2.20. The van der Waals surface area contributed by atoms with Gasteiger partial charge in [0.25, 0.3) is 0 Å². The van der Waals surface area contributed by atoms with Gasteiger partial charge in [0, 0.05) is 6.54 Å². The molecule has 0 bridgehead atoms. The van der Waals surface area contributed by atoms with Gasteiger partial charge in [-0.1, -0.05) is 48.5 Å². The van der Waals surface area contributed by atoms with Gasteiger partial charge in [0.1, 0.15) is 25.1 Å². The maximum absolute atomic E-state index is 11.7. The van der Waals surface area contributed by atoms with Gasteiger partial charge < -0.3 is 25.0 Å². The van der Waals surface area contributed by atoms with Crippen molar-refractivity contribution in [2.45, 2.75) is 32.0 Å². The summed E-state index contributed by atoms with van der Waals surface area (Å²) in [6.07, 6.45) is 1.19. The first-order valence-electron chi connectivity index (χ1n) is 9.13. The van der Waals surface area contributed by atoms with Crippen LogP contribution in [0.3, 0.4) is 0 Å². The van der Waals surface area contributed by atoms with Crippen molar-refractivity contribution in [3.63, 3.8) is 0 Å². The summed E-state index contributed by atoms with van der Waals surface area (Å²) in [5.41, 5.74) is 1.99. The number of aliphatic hydroxyl groups is 2. The fourth-order valence-corrected chi connectivity index (χ4v) is 2.49. The van der Waals surface area contributed by atoms with E-state index in [4.69, 9.17) is 14.6 Å². The van der Waals surface area contributed by atoms with E-state index in [0.29, 0.717) is 12.3 Å². The van der Waals surface area contributed by atoms with Crippen LogP contribution in [0.5, 0.6) is 5.75 Å². The second-order valence-electron chi connectivity index (χ2n) is 6.20. The standard InChI is InChI=1S/C21H27NO5/c23-14-19(24)16-26-20-12-5-4-10-18(20)11-6-7-13-22-21(25)27-15-17-8-2-1-3-9-17/h1-5,8-10,12,19,23-24H,6-7,11,13-16H2,(H,22,25)/t19-/m0/s1. The lowest BCUT2D eigenvalue weighted by atomic mass is 10.1. The number of unbranched alkanes of at least 4 members (excludes halogenated alkanes) is 1. The number of carbonyl (C=O) groups is 1. The van der Waals surface area contributed by atoms with Gasteiger partial charge in [-0.15, -0.1) is 0 Å². The third-order valence-electron chi connectivity index (χ3n) is 3.97. The highest BCUT2D eigenvalue weighted by atomic mass is 16.5. The van der Waals surface area contributed by atoms with E-state index in [9.17, 15) is 9.90 Å². The van der Waals surface area contributed by atoms with E-state index in [-0.39, 0.29) is 19.8 Å². The molecule has 3 N–H and O–H groups in total. The Morgan fingerprint density at radius 2 is 1.78 bits per heavy atom. The lowest BCUT2D eigenvalue weighted by Crippen LogP contribution is -2.25. The van der Waals surface area contributed by atoms with Crippen LogP contribution in [0.25, 0.3) is 0 Å². The van der Waals surface area contributed by atoms with Crippen molar-refractivity contribution in [3.8, 4) is 5.75 Å². The van der Waals surface area contributed by atoms with Gasteiger partial charge in [0.2, 0.25) is 0 Å². The molecule has 0 aliphatic carbocycles. The van der Waals surface area contributed by atoms with E-state index in [2.05, 4.69) is 5.32 Å². The second kappa shape index (κ2) is 11.9. The molecule has 0 spiro atoms. The summed E-state index contributed by atoms with van der Waals surface area (Å²) in [6.45, 7) is 0.535. The zero-order valence-corrected chi connectivity index (χ0v) is 15.3. The first kappa shape index (κ1) is 20.7. The lowest BCUT2D eigenvalue weighted by Gasteiger charge is -2.13. The highest BCUT2D eigenvalue weighted by molar-refractivity contribution is 5.67. The van der Waals surface area contributed by atoms with E-state index in [0.717, 1.165) is 30.4 Å². The average Bonchev–Trinajstić information content (AvgIpc) is 2.71. The second-order valence-corrected chi connectivity index (χ2v) is 6.20. The summed E-state index contributed by atoms with van der Waals surface area (Å²) >= 11 is 0. The molecule has 0 fully saturated rings. The summed E-state index contributed by atoms with van der Waals surface area (Å²) in [5, 5.41) is 21.0. The maximum Gasteiger partial charge on any atom is 0.407 e. The molecule has 2 aromatic carbocycles. The van der Waals surface area contributed by atoms with Crippen molar-refractivity contribution < 1.29 is 24.5 Å². The molecule has 2 aromatic rings. The zero-order chi connectivity index (χ0) is 19.3. The fraction of sp³-hybridized carbons (Fsp3) is 0.381. The molecular formula is C21H27NO5. The Morgan fingerprint density at radius 1 is 1.04 bits per heavy atom. The van der Waals surface area contributed by atoms with Crippen LogP contribution in [-0.2, 0) is 17.8 Å². The van der Waals surface area contributed by atoms with Gasteiger partial charge in [-0.05, 0) is 36.5 Å². The molecule has 0 saturated carbocycles. The van der Waals surface area contributed by atoms with Crippen LogP contribution in [0.15, 0.2) is 54.6 Å². The molecule has 2 rings (SSSR count). The number of ether oxygens (including phenoxy) is 2. The molecule has 146 valence electrons. The zero-order valence-electron chi connectivity index (χ0n) is 15.3. The monoisotopic (exact) mass is 373 g/mol. The van der Waals surface area contributed by atoms with Crippen molar-refractivity contribution in [3.05, 3.63) is 65.7 Å². The minimum absolute atomic E-state index is 0.0579. The molecule has 1 amide bonds. The Kier molecular flexibility index (Phi) is 9.17. The highest BCUT2D eigenvalue weighted by Gasteiger charge is 2.07. The normalized spacial score (nSPS) is 11.6. The molecule has 1 atom stereocenters. The number of para-hydroxylation sites is 1. The van der Waals surface area contributed by atoms with Crippen molar-refractivity contribution in [1.29, 1.82) is 0 Å². The predicted octanol–water partition coefficient (Wildman–Crippen LogP) is 2.67. The quantitative estimate of drug-likeness (QED) is 0.527. The minimum atomic E-state index is -0.885. The molecule has 0 aliphatic rings. The molecule has 0 aliphatic heterocycles. The number of hydrogen-bond donors (Lipinski definition) is 3. The van der Waals surface area contributed by atoms with Gasteiger partial charge in [-0.2, -0.15) is 0 Å². The number of nitrogens with one attached hydrogen (secondary N) is 1. The van der Waals surface area contributed by atoms with Crippen molar-refractivity contribution in [2.24, 2.45) is 0 Å². The largest absolute Gasteiger partial charge is 0.491 e. The molecule has 0 radical (unpaired) electrons. The van der Waals surface area contributed by atoms with Crippen LogP contribution >= 0.6 is 0 Å². The van der Waals surface area contributed by atoms with E-state index >= 15 is 0 Å². The lowest BCUT2D eigenvalue weighted by molar-refractivity contribution is 0.0533. The minimum Gasteiger partial charge on any atom is -0.491 e. The van der Waals surface area contributed by atoms with Crippen LogP contribution in [0, 0.1) is 0 Å². The van der Waals surface area contributed by atoms with Crippen LogP contribution in [-0.4, -0.2) is 42.2 Å². The molecule has 27 heavy (non-hydrogen) atoms. The van der Waals surface area contributed by atoms with E-state index < -0.39 is 12.2 Å². The van der Waals surface area contributed by atoms with Crippen LogP contribution in [0.4, 0.5) is 4.79 Å². The van der Waals surface area contributed by atoms with Gasteiger partial charge in [-0.3, -0.25) is 0 Å². The predicted molar refractivity (Wildman–Crippen MR) is 103 cm³/mol. The number of rotatable bonds is 11. The molecule has 0 saturated heterocycles. The Bertz CT molecular complexity index is 677. The molecule has 0 unspecified atom stereocenters. The Labute approximate surface area is 159 Å². The number of benzene rings is 2.